The molecule has 0 atom stereocenters. The first-order chi connectivity index (χ1) is 18.8. The van der Waals surface area contributed by atoms with Crippen LogP contribution in [-0.4, -0.2) is 0 Å². The van der Waals surface area contributed by atoms with E-state index in [1.54, 1.807) is 83.5 Å². The van der Waals surface area contributed by atoms with Crippen LogP contribution in [-0.2, 0) is 123 Å². The predicted octanol–water partition coefficient (Wildman–Crippen LogP) is 1.40. The van der Waals surface area contributed by atoms with Crippen LogP contribution in [0.5, 0.6) is 0 Å². The van der Waals surface area contributed by atoms with Crippen LogP contribution in [0.15, 0.2) is 0 Å². The van der Waals surface area contributed by atoms with Crippen molar-refractivity contribution in [1.82, 2.24) is 0 Å². The molecule has 246 valence electrons. The molecule has 0 fully saturated rings. The minimum absolute atomic E-state index is 0. The number of halogens is 3. The van der Waals surface area contributed by atoms with Crippen LogP contribution in [0, 0.1) is 41.5 Å². The second-order valence-electron chi connectivity index (χ2n) is 12.7. The summed E-state index contributed by atoms with van der Waals surface area (Å²) in [4.78, 5) is 0. The maximum atomic E-state index is 2.32. The Bertz CT molecular complexity index is 1050. The Morgan fingerprint density at radius 2 is 0.600 bits per heavy atom. The average molecular weight is 776 g/mol. The van der Waals surface area contributed by atoms with Gasteiger partial charge in [-0.05, 0) is 0 Å². The summed E-state index contributed by atoms with van der Waals surface area (Å²) in [6.45, 7) is 20.7. The van der Waals surface area contributed by atoms with Gasteiger partial charge in [0.1, 0.15) is 0 Å². The van der Waals surface area contributed by atoms with Crippen LogP contribution < -0.4 is 37.2 Å². The molecule has 0 spiro atoms. The quantitative estimate of drug-likeness (QED) is 0.279. The Morgan fingerprint density at radius 3 is 0.778 bits per heavy atom. The zero-order valence-electron chi connectivity index (χ0n) is 29.7. The summed E-state index contributed by atoms with van der Waals surface area (Å²) in [5.74, 6) is 0. The molecule has 6 heteroatoms. The third-order valence-corrected chi connectivity index (χ3v) is 10.9. The predicted molar refractivity (Wildman–Crippen MR) is 173 cm³/mol. The van der Waals surface area contributed by atoms with E-state index in [1.165, 1.54) is 96.3 Å². The number of fused-ring (bicyclic) bond motifs is 3. The molecule has 0 radical (unpaired) electrons. The molecule has 0 saturated carbocycles. The average Bonchev–Trinajstić information content (AvgIpc) is 3.48. The summed E-state index contributed by atoms with van der Waals surface area (Å²) >= 11 is 0. The van der Waals surface area contributed by atoms with E-state index in [0.29, 0.717) is 0 Å². The van der Waals surface area contributed by atoms with Crippen molar-refractivity contribution in [3.63, 3.8) is 0 Å². The van der Waals surface area contributed by atoms with Crippen molar-refractivity contribution in [3.05, 3.63) is 83.5 Å². The molecule has 3 aromatic rings. The van der Waals surface area contributed by atoms with E-state index in [9.17, 15) is 0 Å². The number of hydrogen-bond donors (Lipinski definition) is 0. The maximum Gasteiger partial charge on any atom is 2.00 e. The van der Waals surface area contributed by atoms with Gasteiger partial charge in [0.25, 0.3) is 0 Å². The molecule has 0 N–H and O–H groups in total. The van der Waals surface area contributed by atoms with Gasteiger partial charge in [-0.1, -0.05) is 159 Å². The first kappa shape index (κ1) is 50.4. The molecular formula is C39H57Cl3Ti3. The van der Waals surface area contributed by atoms with Crippen molar-refractivity contribution in [3.8, 4) is 0 Å². The molecule has 45 heavy (non-hydrogen) atoms. The molecule has 0 saturated heterocycles. The first-order valence-electron chi connectivity index (χ1n) is 16.6. The van der Waals surface area contributed by atoms with Crippen molar-refractivity contribution >= 4 is 0 Å². The summed E-state index contributed by atoms with van der Waals surface area (Å²) in [7, 11) is 0. The van der Waals surface area contributed by atoms with Gasteiger partial charge in [0.05, 0.1) is 0 Å². The topological polar surface area (TPSA) is 0 Å². The third kappa shape index (κ3) is 10.8. The Hall–Kier alpha value is 1.06. The van der Waals surface area contributed by atoms with Gasteiger partial charge in [0.2, 0.25) is 0 Å². The van der Waals surface area contributed by atoms with Crippen molar-refractivity contribution in [2.24, 2.45) is 0 Å². The molecule has 0 unspecified atom stereocenters. The molecule has 3 aliphatic carbocycles. The van der Waals surface area contributed by atoms with Crippen molar-refractivity contribution in [2.45, 2.75) is 159 Å². The maximum absolute atomic E-state index is 2.32. The smallest absolute Gasteiger partial charge is 1.00 e. The normalized spacial score (nSPS) is 13.8. The van der Waals surface area contributed by atoms with Gasteiger partial charge in [0.15, 0.2) is 0 Å². The zero-order chi connectivity index (χ0) is 28.3. The van der Waals surface area contributed by atoms with E-state index in [2.05, 4.69) is 62.3 Å². The van der Waals surface area contributed by atoms with Crippen molar-refractivity contribution < 1.29 is 102 Å². The molecule has 3 aromatic carbocycles. The fourth-order valence-electron chi connectivity index (χ4n) is 8.73. The van der Waals surface area contributed by atoms with Crippen molar-refractivity contribution in [2.75, 3.05) is 0 Å². The molecular weight excluding hydrogens is 718 g/mol. The van der Waals surface area contributed by atoms with Gasteiger partial charge in [-0.25, -0.2) is 0 Å². The van der Waals surface area contributed by atoms with E-state index in [4.69, 9.17) is 0 Å². The molecule has 0 bridgehead atoms. The van der Waals surface area contributed by atoms with Gasteiger partial charge in [0, 0.05) is 0 Å². The Balaban J connectivity index is -0.000000551. The fraction of sp³-hybridized carbons (Fsp3) is 0.615. The van der Waals surface area contributed by atoms with Gasteiger partial charge in [-0.15, -0.1) is 0 Å². The summed E-state index contributed by atoms with van der Waals surface area (Å²) in [6.07, 6.45) is 20.1. The standard InChI is InChI=1S/3C13H19.3ClH.3Ti/c3*1-4-11-9(2)12-7-5-6-8-13(12)10(11)3;;;;;;/h3*4-8H2,1-3H3;3*1H;;;/q3*-1;;;;3*+2/p-3. The third-order valence-electron chi connectivity index (χ3n) is 10.9. The SMILES string of the molecule is CCc1c(C)c2c([c-]1C)CCCC2.CCc1c(C)c2c([c-]1C)CCCC2.CCc1c(C)c2c([c-]1C)CCCC2.[Cl-].[Cl-].[Cl-].[Ti+2].[Ti+2].[Ti+2]. The second-order valence-corrected chi connectivity index (χ2v) is 12.7. The molecule has 0 nitrogen and oxygen atoms in total. The van der Waals surface area contributed by atoms with E-state index in [-0.39, 0.29) is 102 Å². The Labute approximate surface area is 341 Å². The Kier molecular flexibility index (Phi) is 26.3. The summed E-state index contributed by atoms with van der Waals surface area (Å²) < 4.78 is 0. The minimum atomic E-state index is 0. The summed E-state index contributed by atoms with van der Waals surface area (Å²) in [6, 6.07) is 0. The molecule has 6 rings (SSSR count). The molecule has 0 aliphatic heterocycles. The van der Waals surface area contributed by atoms with Crippen molar-refractivity contribution in [1.29, 1.82) is 0 Å². The monoisotopic (exact) mass is 774 g/mol. The van der Waals surface area contributed by atoms with E-state index < -0.39 is 0 Å². The first-order valence-corrected chi connectivity index (χ1v) is 16.6. The largest absolute Gasteiger partial charge is 2.00 e. The van der Waals surface area contributed by atoms with Gasteiger partial charge in [-0.2, -0.15) is 83.5 Å². The Morgan fingerprint density at radius 1 is 0.400 bits per heavy atom. The van der Waals surface area contributed by atoms with Gasteiger partial charge < -0.3 is 37.2 Å². The number of hydrogen-bond acceptors (Lipinski definition) is 0. The van der Waals surface area contributed by atoms with E-state index >= 15 is 0 Å². The molecule has 0 amide bonds. The minimum Gasteiger partial charge on any atom is -1.00 e. The number of rotatable bonds is 3. The van der Waals surface area contributed by atoms with Crippen LogP contribution in [0.3, 0.4) is 0 Å². The molecule has 0 aromatic heterocycles. The van der Waals surface area contributed by atoms with Crippen LogP contribution in [0.25, 0.3) is 0 Å². The van der Waals surface area contributed by atoms with Crippen LogP contribution in [0.1, 0.15) is 143 Å². The van der Waals surface area contributed by atoms with E-state index in [1.807, 2.05) is 0 Å². The van der Waals surface area contributed by atoms with Gasteiger partial charge >= 0.3 is 65.2 Å². The second kappa shape index (κ2) is 23.5. The van der Waals surface area contributed by atoms with Crippen LogP contribution in [0.4, 0.5) is 0 Å². The molecule has 3 aliphatic rings. The fourth-order valence-corrected chi connectivity index (χ4v) is 8.73. The summed E-state index contributed by atoms with van der Waals surface area (Å²) in [5.41, 5.74) is 24.7. The van der Waals surface area contributed by atoms with Gasteiger partial charge in [-0.3, -0.25) is 0 Å². The summed E-state index contributed by atoms with van der Waals surface area (Å²) in [5, 5.41) is 0. The van der Waals surface area contributed by atoms with Crippen LogP contribution >= 0.6 is 0 Å². The van der Waals surface area contributed by atoms with Crippen LogP contribution in [0.2, 0.25) is 0 Å². The van der Waals surface area contributed by atoms with E-state index in [0.717, 1.165) is 0 Å². The zero-order valence-corrected chi connectivity index (χ0v) is 36.7. The molecule has 0 heterocycles.